The molecule has 1 fully saturated rings. The van der Waals surface area contributed by atoms with E-state index in [2.05, 4.69) is 51.6 Å². The van der Waals surface area contributed by atoms with Crippen LogP contribution in [0.15, 0.2) is 59.8 Å². The van der Waals surface area contributed by atoms with Gasteiger partial charge in [0, 0.05) is 44.1 Å². The number of methoxy groups -OCH3 is 2. The third-order valence-corrected chi connectivity index (χ3v) is 6.22. The van der Waals surface area contributed by atoms with Gasteiger partial charge in [-0.15, -0.1) is 0 Å². The summed E-state index contributed by atoms with van der Waals surface area (Å²) in [5.74, 6) is 0.242. The molecule has 0 spiro atoms. The van der Waals surface area contributed by atoms with E-state index in [-0.39, 0.29) is 6.03 Å². The van der Waals surface area contributed by atoms with E-state index in [1.54, 1.807) is 7.11 Å². The van der Waals surface area contributed by atoms with E-state index in [0.29, 0.717) is 23.6 Å². The summed E-state index contributed by atoms with van der Waals surface area (Å²) in [6, 6.07) is 14.8. The average molecular weight is 451 g/mol. The van der Waals surface area contributed by atoms with Crippen molar-refractivity contribution in [3.63, 3.8) is 0 Å². The Morgan fingerprint density at radius 2 is 1.73 bits per heavy atom. The highest BCUT2D eigenvalue weighted by atomic mass is 16.5. The summed E-state index contributed by atoms with van der Waals surface area (Å²) in [4.78, 5) is 29.9. The van der Waals surface area contributed by atoms with Crippen molar-refractivity contribution in [3.8, 4) is 5.75 Å². The lowest BCUT2D eigenvalue weighted by Crippen LogP contribution is -2.51. The number of amides is 2. The van der Waals surface area contributed by atoms with E-state index in [1.807, 2.05) is 24.3 Å². The molecule has 0 radical (unpaired) electrons. The molecule has 0 unspecified atom stereocenters. The first-order chi connectivity index (χ1) is 16.0. The quantitative estimate of drug-likeness (QED) is 0.659. The van der Waals surface area contributed by atoms with Gasteiger partial charge in [-0.05, 0) is 36.2 Å². The Bertz CT molecular complexity index is 1040. The molecule has 174 valence electrons. The van der Waals surface area contributed by atoms with Crippen molar-refractivity contribution in [2.75, 3.05) is 51.8 Å². The molecule has 0 aliphatic carbocycles. The highest BCUT2D eigenvalue weighted by Crippen LogP contribution is 2.29. The molecule has 0 saturated carbocycles. The van der Waals surface area contributed by atoms with Gasteiger partial charge in [0.25, 0.3) is 0 Å². The van der Waals surface area contributed by atoms with E-state index in [1.165, 1.54) is 18.4 Å². The Kier molecular flexibility index (Phi) is 6.84. The minimum Gasteiger partial charge on any atom is -0.497 e. The maximum absolute atomic E-state index is 12.8. The number of rotatable bonds is 6. The van der Waals surface area contributed by atoms with Crippen molar-refractivity contribution >= 4 is 17.7 Å². The number of nitrogens with zero attached hydrogens (tertiary/aromatic N) is 2. The number of carbonyl (C=O) groups excluding carboxylic acids is 2. The summed E-state index contributed by atoms with van der Waals surface area (Å²) in [6.07, 6.45) is 0. The Hall–Kier alpha value is -3.52. The first kappa shape index (κ1) is 22.7. The number of aryl methyl sites for hydroxylation is 1. The van der Waals surface area contributed by atoms with Gasteiger partial charge in [-0.25, -0.2) is 9.59 Å². The largest absolute Gasteiger partial charge is 0.497 e. The van der Waals surface area contributed by atoms with Crippen LogP contribution in [0.25, 0.3) is 0 Å². The standard InChI is InChI=1S/C25H30N4O4/c1-17-6-4-5-7-21(17)29-14-12-28(13-15-29)16-20-22(24(30)33-3)23(27-25(31)26-20)18-8-10-19(32-2)11-9-18/h4-11,23H,12-16H2,1-3H3,(H2,26,27,31)/t23-/m0/s1. The summed E-state index contributed by atoms with van der Waals surface area (Å²) in [7, 11) is 2.95. The fourth-order valence-electron chi connectivity index (χ4n) is 4.43. The molecule has 2 heterocycles. The van der Waals surface area contributed by atoms with Crippen molar-refractivity contribution < 1.29 is 19.1 Å². The molecule has 1 atom stereocenters. The molecule has 2 aliphatic rings. The summed E-state index contributed by atoms with van der Waals surface area (Å²) in [5, 5.41) is 5.71. The summed E-state index contributed by atoms with van der Waals surface area (Å²) < 4.78 is 10.3. The minimum atomic E-state index is -0.597. The second-order valence-electron chi connectivity index (χ2n) is 8.24. The number of carbonyl (C=O) groups is 2. The highest BCUT2D eigenvalue weighted by Gasteiger charge is 2.34. The second-order valence-corrected chi connectivity index (χ2v) is 8.24. The SMILES string of the molecule is COC(=O)C1=C(CN2CCN(c3ccccc3C)CC2)NC(=O)N[C@H]1c1ccc(OC)cc1. The summed E-state index contributed by atoms with van der Waals surface area (Å²) in [6.45, 7) is 5.98. The molecule has 2 aromatic rings. The normalized spacial score (nSPS) is 19.1. The smallest absolute Gasteiger partial charge is 0.338 e. The minimum absolute atomic E-state index is 0.336. The zero-order valence-electron chi connectivity index (χ0n) is 19.3. The van der Waals surface area contributed by atoms with E-state index >= 15 is 0 Å². The Labute approximate surface area is 194 Å². The molecule has 8 heteroatoms. The number of esters is 1. The number of para-hydroxylation sites is 1. The van der Waals surface area contributed by atoms with Crippen molar-refractivity contribution in [1.29, 1.82) is 0 Å². The van der Waals surface area contributed by atoms with Gasteiger partial charge >= 0.3 is 12.0 Å². The first-order valence-electron chi connectivity index (χ1n) is 11.1. The molecular formula is C25H30N4O4. The number of anilines is 1. The molecule has 0 bridgehead atoms. The molecule has 2 amide bonds. The molecule has 2 aromatic carbocycles. The van der Waals surface area contributed by atoms with Gasteiger partial charge in [0.1, 0.15) is 5.75 Å². The highest BCUT2D eigenvalue weighted by molar-refractivity contribution is 5.95. The fraction of sp³-hybridized carbons (Fsp3) is 0.360. The number of piperazine rings is 1. The van der Waals surface area contributed by atoms with Crippen molar-refractivity contribution in [3.05, 3.63) is 70.9 Å². The number of benzene rings is 2. The van der Waals surface area contributed by atoms with Gasteiger partial charge in [0.2, 0.25) is 0 Å². The fourth-order valence-corrected chi connectivity index (χ4v) is 4.43. The number of hydrogen-bond acceptors (Lipinski definition) is 6. The van der Waals surface area contributed by atoms with Crippen LogP contribution in [0.3, 0.4) is 0 Å². The van der Waals surface area contributed by atoms with Crippen LogP contribution >= 0.6 is 0 Å². The van der Waals surface area contributed by atoms with Crippen LogP contribution in [0.2, 0.25) is 0 Å². The van der Waals surface area contributed by atoms with Crippen LogP contribution in [0.4, 0.5) is 10.5 Å². The summed E-state index contributed by atoms with van der Waals surface area (Å²) in [5.41, 5.74) is 4.29. The van der Waals surface area contributed by atoms with Crippen LogP contribution in [0.5, 0.6) is 5.75 Å². The van der Waals surface area contributed by atoms with Gasteiger partial charge in [-0.3, -0.25) is 4.90 Å². The molecule has 2 N–H and O–H groups in total. The van der Waals surface area contributed by atoms with Crippen molar-refractivity contribution in [2.24, 2.45) is 0 Å². The lowest BCUT2D eigenvalue weighted by atomic mass is 9.95. The van der Waals surface area contributed by atoms with Gasteiger partial charge in [0.15, 0.2) is 0 Å². The van der Waals surface area contributed by atoms with Gasteiger partial charge < -0.3 is 25.0 Å². The zero-order valence-corrected chi connectivity index (χ0v) is 19.3. The lowest BCUT2D eigenvalue weighted by molar-refractivity contribution is -0.136. The van der Waals surface area contributed by atoms with Crippen LogP contribution in [0.1, 0.15) is 17.2 Å². The third kappa shape index (κ3) is 4.96. The molecule has 2 aliphatic heterocycles. The maximum Gasteiger partial charge on any atom is 0.338 e. The van der Waals surface area contributed by atoms with Gasteiger partial charge in [-0.2, -0.15) is 0 Å². The average Bonchev–Trinajstić information content (AvgIpc) is 2.84. The lowest BCUT2D eigenvalue weighted by Gasteiger charge is -2.38. The molecule has 33 heavy (non-hydrogen) atoms. The van der Waals surface area contributed by atoms with Gasteiger partial charge in [-0.1, -0.05) is 30.3 Å². The third-order valence-electron chi connectivity index (χ3n) is 6.22. The van der Waals surface area contributed by atoms with Crippen molar-refractivity contribution in [1.82, 2.24) is 15.5 Å². The maximum atomic E-state index is 12.8. The predicted molar refractivity (Wildman–Crippen MR) is 126 cm³/mol. The van der Waals surface area contributed by atoms with Crippen LogP contribution in [0, 0.1) is 6.92 Å². The number of urea groups is 1. The van der Waals surface area contributed by atoms with E-state index < -0.39 is 12.0 Å². The number of nitrogens with one attached hydrogen (secondary N) is 2. The van der Waals surface area contributed by atoms with E-state index in [9.17, 15) is 9.59 Å². The number of hydrogen-bond donors (Lipinski definition) is 2. The molecule has 8 nitrogen and oxygen atoms in total. The first-order valence-corrected chi connectivity index (χ1v) is 11.1. The van der Waals surface area contributed by atoms with E-state index in [4.69, 9.17) is 9.47 Å². The Morgan fingerprint density at radius 3 is 2.36 bits per heavy atom. The Balaban J connectivity index is 1.54. The van der Waals surface area contributed by atoms with Crippen LogP contribution in [-0.2, 0) is 9.53 Å². The number of ether oxygens (including phenoxy) is 2. The second kappa shape index (κ2) is 9.95. The van der Waals surface area contributed by atoms with Gasteiger partial charge in [0.05, 0.1) is 25.8 Å². The Morgan fingerprint density at radius 1 is 1.03 bits per heavy atom. The monoisotopic (exact) mass is 450 g/mol. The molecule has 1 saturated heterocycles. The van der Waals surface area contributed by atoms with Crippen LogP contribution < -0.4 is 20.3 Å². The summed E-state index contributed by atoms with van der Waals surface area (Å²) >= 11 is 0. The van der Waals surface area contributed by atoms with Crippen molar-refractivity contribution in [2.45, 2.75) is 13.0 Å². The topological polar surface area (TPSA) is 83.1 Å². The predicted octanol–water partition coefficient (Wildman–Crippen LogP) is 2.61. The zero-order chi connectivity index (χ0) is 23.4. The van der Waals surface area contributed by atoms with E-state index in [0.717, 1.165) is 31.7 Å². The molecule has 4 rings (SSSR count). The van der Waals surface area contributed by atoms with Crippen LogP contribution in [-0.4, -0.2) is 63.8 Å². The molecular weight excluding hydrogens is 420 g/mol. The molecule has 0 aromatic heterocycles.